The summed E-state index contributed by atoms with van der Waals surface area (Å²) in [5.74, 6) is 1.91. The molecule has 0 saturated heterocycles. The lowest BCUT2D eigenvalue weighted by Crippen LogP contribution is -2.10. The van der Waals surface area contributed by atoms with E-state index in [4.69, 9.17) is 0 Å². The van der Waals surface area contributed by atoms with Gasteiger partial charge in [-0.25, -0.2) is 0 Å². The normalized spacial score (nSPS) is 11.3. The largest absolute Gasteiger partial charge is 0.352 e. The summed E-state index contributed by atoms with van der Waals surface area (Å²) in [6.07, 6.45) is 13.4. The van der Waals surface area contributed by atoms with Gasteiger partial charge in [-0.05, 0) is 12.2 Å². The molecule has 0 aliphatic carbocycles. The molecule has 0 spiro atoms. The Morgan fingerprint density at radius 3 is 2.12 bits per heavy atom. The molecule has 0 amide bonds. The van der Waals surface area contributed by atoms with E-state index in [1.165, 1.54) is 57.8 Å². The summed E-state index contributed by atoms with van der Waals surface area (Å²) in [7, 11) is 0. The number of rotatable bonds is 14. The minimum atomic E-state index is 0.445. The van der Waals surface area contributed by atoms with E-state index < -0.39 is 0 Å². The third-order valence-electron chi connectivity index (χ3n) is 4.11. The molecule has 0 aliphatic heterocycles. The Morgan fingerprint density at radius 2 is 1.44 bits per heavy atom. The maximum absolute atomic E-state index is 4.42. The summed E-state index contributed by atoms with van der Waals surface area (Å²) in [6.45, 7) is 5.22. The Morgan fingerprint density at radius 1 is 0.800 bits per heavy atom. The molecule has 0 atom stereocenters. The third-order valence-corrected chi connectivity index (χ3v) is 4.91. The van der Waals surface area contributed by atoms with Crippen molar-refractivity contribution in [1.29, 1.82) is 0 Å². The summed E-state index contributed by atoms with van der Waals surface area (Å²) >= 11 is 1.60. The minimum absolute atomic E-state index is 0.445. The van der Waals surface area contributed by atoms with Gasteiger partial charge in [0.25, 0.3) is 11.7 Å². The van der Waals surface area contributed by atoms with E-state index >= 15 is 0 Å². The number of hydrogen-bond acceptors (Lipinski definition) is 7. The van der Waals surface area contributed by atoms with Crippen LogP contribution in [0.2, 0.25) is 0 Å². The van der Waals surface area contributed by atoms with Crippen LogP contribution in [-0.4, -0.2) is 42.3 Å². The van der Waals surface area contributed by atoms with Crippen LogP contribution in [-0.2, 0) is 0 Å². The molecule has 2 aromatic rings. The van der Waals surface area contributed by atoms with Crippen LogP contribution < -0.4 is 5.32 Å². The van der Waals surface area contributed by atoms with E-state index in [9.17, 15) is 0 Å². The molecule has 0 fully saturated rings. The second-order valence-corrected chi connectivity index (χ2v) is 7.49. The lowest BCUT2D eigenvalue weighted by atomic mass is 10.1. The SMILES string of the molecule is CCCCCCCCCCCCNc1nnc2nnc(SCC)n2n1. The first-order chi connectivity index (χ1) is 12.3. The maximum atomic E-state index is 4.42. The number of aromatic nitrogens is 6. The number of fused-ring (bicyclic) bond motifs is 1. The van der Waals surface area contributed by atoms with Gasteiger partial charge in [0, 0.05) is 6.54 Å². The van der Waals surface area contributed by atoms with Crippen LogP contribution in [0.3, 0.4) is 0 Å². The molecule has 7 nitrogen and oxygen atoms in total. The monoisotopic (exact) mass is 365 g/mol. The van der Waals surface area contributed by atoms with Crippen molar-refractivity contribution in [2.24, 2.45) is 0 Å². The number of nitrogens with one attached hydrogen (secondary N) is 1. The molecule has 8 heteroatoms. The van der Waals surface area contributed by atoms with Crippen molar-refractivity contribution in [2.45, 2.75) is 83.2 Å². The lowest BCUT2D eigenvalue weighted by Gasteiger charge is -2.05. The van der Waals surface area contributed by atoms with Crippen LogP contribution in [0.1, 0.15) is 78.1 Å². The van der Waals surface area contributed by atoms with Crippen molar-refractivity contribution >= 4 is 23.5 Å². The van der Waals surface area contributed by atoms with Gasteiger partial charge >= 0.3 is 0 Å². The lowest BCUT2D eigenvalue weighted by molar-refractivity contribution is 0.559. The van der Waals surface area contributed by atoms with E-state index in [1.807, 2.05) is 0 Å². The highest BCUT2D eigenvalue weighted by Gasteiger charge is 2.09. The van der Waals surface area contributed by atoms with E-state index in [0.29, 0.717) is 11.7 Å². The predicted octanol–water partition coefficient (Wildman–Crippen LogP) is 4.36. The molecule has 2 heterocycles. The molecule has 25 heavy (non-hydrogen) atoms. The van der Waals surface area contributed by atoms with Crippen molar-refractivity contribution in [3.8, 4) is 0 Å². The molecule has 0 radical (unpaired) electrons. The number of nitrogens with zero attached hydrogens (tertiary/aromatic N) is 6. The maximum Gasteiger partial charge on any atom is 0.291 e. The van der Waals surface area contributed by atoms with Crippen LogP contribution in [0.15, 0.2) is 5.16 Å². The number of unbranched alkanes of at least 4 members (excludes halogenated alkanes) is 9. The van der Waals surface area contributed by atoms with Crippen molar-refractivity contribution < 1.29 is 0 Å². The summed E-state index contributed by atoms with van der Waals surface area (Å²) < 4.78 is 1.65. The fourth-order valence-electron chi connectivity index (χ4n) is 2.72. The van der Waals surface area contributed by atoms with E-state index in [0.717, 1.165) is 23.9 Å². The topological polar surface area (TPSA) is 80.9 Å². The first kappa shape index (κ1) is 19.9. The highest BCUT2D eigenvalue weighted by atomic mass is 32.2. The molecule has 0 saturated carbocycles. The smallest absolute Gasteiger partial charge is 0.291 e. The molecule has 140 valence electrons. The zero-order chi connectivity index (χ0) is 17.7. The summed E-state index contributed by atoms with van der Waals surface area (Å²) in [6, 6.07) is 0. The molecule has 0 unspecified atom stereocenters. The summed E-state index contributed by atoms with van der Waals surface area (Å²) in [5.41, 5.74) is 0. The minimum Gasteiger partial charge on any atom is -0.352 e. The first-order valence-electron chi connectivity index (χ1n) is 9.68. The van der Waals surface area contributed by atoms with E-state index in [2.05, 4.69) is 44.7 Å². The van der Waals surface area contributed by atoms with Crippen LogP contribution in [0, 0.1) is 0 Å². The van der Waals surface area contributed by atoms with Gasteiger partial charge in [0.1, 0.15) is 0 Å². The van der Waals surface area contributed by atoms with Gasteiger partial charge in [-0.15, -0.1) is 25.5 Å². The molecule has 2 aromatic heterocycles. The Bertz CT molecular complexity index is 602. The van der Waals surface area contributed by atoms with Gasteiger partial charge in [-0.3, -0.25) is 0 Å². The molecular formula is C17H31N7S. The highest BCUT2D eigenvalue weighted by Crippen LogP contribution is 2.14. The van der Waals surface area contributed by atoms with Crippen LogP contribution in [0.5, 0.6) is 0 Å². The molecule has 0 aliphatic rings. The van der Waals surface area contributed by atoms with Crippen LogP contribution in [0.4, 0.5) is 5.95 Å². The molecule has 1 N–H and O–H groups in total. The van der Waals surface area contributed by atoms with Crippen molar-refractivity contribution in [3.63, 3.8) is 0 Å². The Hall–Kier alpha value is -1.44. The van der Waals surface area contributed by atoms with Gasteiger partial charge in [-0.1, -0.05) is 83.4 Å². The average molecular weight is 366 g/mol. The Kier molecular flexibility index (Phi) is 9.54. The molecule has 0 aromatic carbocycles. The zero-order valence-electron chi connectivity index (χ0n) is 15.6. The van der Waals surface area contributed by atoms with Gasteiger partial charge in [0.15, 0.2) is 0 Å². The van der Waals surface area contributed by atoms with Crippen LogP contribution >= 0.6 is 11.8 Å². The zero-order valence-corrected chi connectivity index (χ0v) is 16.4. The van der Waals surface area contributed by atoms with Gasteiger partial charge < -0.3 is 5.32 Å². The predicted molar refractivity (Wildman–Crippen MR) is 103 cm³/mol. The number of anilines is 1. The standard InChI is InChI=1S/C17H31N7S/c1-3-5-6-7-8-9-10-11-12-13-14-18-15-19-20-16-21-22-17(25-4-2)24(16)23-15/h3-14H2,1-2H3,(H,18,23). The van der Waals surface area contributed by atoms with E-state index in [-0.39, 0.29) is 0 Å². The van der Waals surface area contributed by atoms with Crippen molar-refractivity contribution in [3.05, 3.63) is 0 Å². The Labute approximate surface area is 154 Å². The van der Waals surface area contributed by atoms with Gasteiger partial charge in [-0.2, -0.15) is 4.52 Å². The fraction of sp³-hybridized carbons (Fsp3) is 0.824. The highest BCUT2D eigenvalue weighted by molar-refractivity contribution is 7.99. The number of hydrogen-bond donors (Lipinski definition) is 1. The molecule has 2 rings (SSSR count). The third kappa shape index (κ3) is 7.13. The van der Waals surface area contributed by atoms with Crippen molar-refractivity contribution in [1.82, 2.24) is 30.0 Å². The van der Waals surface area contributed by atoms with Crippen LogP contribution in [0.25, 0.3) is 5.78 Å². The Balaban J connectivity index is 1.57. The van der Waals surface area contributed by atoms with E-state index in [1.54, 1.807) is 16.3 Å². The summed E-state index contributed by atoms with van der Waals surface area (Å²) in [5, 5.41) is 24.6. The summed E-state index contributed by atoms with van der Waals surface area (Å²) in [4.78, 5) is 0. The van der Waals surface area contributed by atoms with Gasteiger partial charge in [0.2, 0.25) is 5.16 Å². The second-order valence-electron chi connectivity index (χ2n) is 6.26. The van der Waals surface area contributed by atoms with Gasteiger partial charge in [0.05, 0.1) is 0 Å². The second kappa shape index (κ2) is 12.0. The first-order valence-corrected chi connectivity index (χ1v) is 10.7. The molecular weight excluding hydrogens is 334 g/mol. The van der Waals surface area contributed by atoms with Crippen molar-refractivity contribution in [2.75, 3.05) is 17.6 Å². The average Bonchev–Trinajstić information content (AvgIpc) is 3.02. The number of thioether (sulfide) groups is 1. The molecule has 0 bridgehead atoms. The fourth-order valence-corrected chi connectivity index (χ4v) is 3.32. The quantitative estimate of drug-likeness (QED) is 0.393.